The molecule has 0 aliphatic carbocycles. The molecule has 0 aliphatic heterocycles. The third-order valence-electron chi connectivity index (χ3n) is 2.27. The maximum atomic E-state index is 13.5. The fraction of sp³-hybridized carbons (Fsp3) is 0.143. The largest absolute Gasteiger partial charge is 0.466 e. The molecule has 0 saturated carbocycles. The van der Waals surface area contributed by atoms with E-state index >= 15 is 0 Å². The van der Waals surface area contributed by atoms with Crippen LogP contribution in [0.5, 0.6) is 0 Å². The lowest BCUT2D eigenvalue weighted by molar-refractivity contribution is -0.138. The van der Waals surface area contributed by atoms with Gasteiger partial charge in [-0.05, 0) is 18.2 Å². The molecule has 0 fully saturated rings. The van der Waals surface area contributed by atoms with Gasteiger partial charge in [-0.2, -0.15) is 0 Å². The summed E-state index contributed by atoms with van der Waals surface area (Å²) in [5.41, 5.74) is 0.140. The molecule has 0 saturated heterocycles. The van der Waals surface area contributed by atoms with Gasteiger partial charge in [-0.15, -0.1) is 6.42 Å². The van der Waals surface area contributed by atoms with Gasteiger partial charge in [-0.1, -0.05) is 5.92 Å². The van der Waals surface area contributed by atoms with E-state index in [1.807, 2.05) is 0 Å². The second-order valence-corrected chi connectivity index (χ2v) is 3.54. The highest BCUT2D eigenvalue weighted by atomic mass is 19.1. The third kappa shape index (κ3) is 3.85. The van der Waals surface area contributed by atoms with Crippen molar-refractivity contribution < 1.29 is 23.5 Å². The van der Waals surface area contributed by atoms with Gasteiger partial charge in [0.05, 0.1) is 25.9 Å². The molecular formula is C14H12FNO4. The Labute approximate surface area is 115 Å². The summed E-state index contributed by atoms with van der Waals surface area (Å²) >= 11 is 0. The standard InChI is InChI=1S/C14H12FNO4/c1-4-9-5-6-10(7-11(9)15)16-12(14(18)20-3)8-13(17)19-2/h1,5-8,16H,2-3H3/b12-8+. The van der Waals surface area contributed by atoms with Crippen LogP contribution in [0.1, 0.15) is 5.56 Å². The van der Waals surface area contributed by atoms with Crippen molar-refractivity contribution in [2.45, 2.75) is 0 Å². The lowest BCUT2D eigenvalue weighted by Crippen LogP contribution is -2.15. The number of hydrogen-bond acceptors (Lipinski definition) is 5. The van der Waals surface area contributed by atoms with Gasteiger partial charge in [0.25, 0.3) is 0 Å². The smallest absolute Gasteiger partial charge is 0.354 e. The Morgan fingerprint density at radius 3 is 2.55 bits per heavy atom. The Bertz CT molecular complexity index is 602. The lowest BCUT2D eigenvalue weighted by Gasteiger charge is -2.09. The number of halogens is 1. The van der Waals surface area contributed by atoms with Crippen molar-refractivity contribution in [1.82, 2.24) is 0 Å². The molecule has 1 rings (SSSR count). The zero-order chi connectivity index (χ0) is 15.1. The summed E-state index contributed by atoms with van der Waals surface area (Å²) in [5.74, 6) is -0.00315. The van der Waals surface area contributed by atoms with E-state index in [-0.39, 0.29) is 16.9 Å². The van der Waals surface area contributed by atoms with Crippen LogP contribution in [-0.4, -0.2) is 26.2 Å². The van der Waals surface area contributed by atoms with E-state index < -0.39 is 17.8 Å². The molecule has 5 nitrogen and oxygen atoms in total. The number of esters is 2. The van der Waals surface area contributed by atoms with Crippen LogP contribution in [0.25, 0.3) is 0 Å². The van der Waals surface area contributed by atoms with Crippen LogP contribution < -0.4 is 5.32 Å². The minimum absolute atomic E-state index is 0.0899. The molecular weight excluding hydrogens is 265 g/mol. The number of methoxy groups -OCH3 is 2. The fourth-order valence-corrected chi connectivity index (χ4v) is 1.30. The Hall–Kier alpha value is -2.81. The van der Waals surface area contributed by atoms with Gasteiger partial charge >= 0.3 is 11.9 Å². The third-order valence-corrected chi connectivity index (χ3v) is 2.27. The van der Waals surface area contributed by atoms with Crippen molar-refractivity contribution in [2.24, 2.45) is 0 Å². The van der Waals surface area contributed by atoms with E-state index in [0.29, 0.717) is 0 Å². The summed E-state index contributed by atoms with van der Waals surface area (Å²) in [6.07, 6.45) is 6.00. The molecule has 6 heteroatoms. The van der Waals surface area contributed by atoms with Crippen LogP contribution in [-0.2, 0) is 19.1 Å². The summed E-state index contributed by atoms with van der Waals surface area (Å²) in [4.78, 5) is 22.6. The van der Waals surface area contributed by atoms with Gasteiger partial charge in [-0.25, -0.2) is 14.0 Å². The zero-order valence-corrected chi connectivity index (χ0v) is 10.9. The lowest BCUT2D eigenvalue weighted by atomic mass is 10.2. The number of rotatable bonds is 4. The molecule has 1 N–H and O–H groups in total. The van der Waals surface area contributed by atoms with Gasteiger partial charge in [0, 0.05) is 5.69 Å². The number of carbonyl (C=O) groups is 2. The van der Waals surface area contributed by atoms with Crippen molar-refractivity contribution in [2.75, 3.05) is 19.5 Å². The molecule has 0 heterocycles. The number of carbonyl (C=O) groups excluding carboxylic acids is 2. The number of benzene rings is 1. The van der Waals surface area contributed by atoms with E-state index in [1.54, 1.807) is 0 Å². The van der Waals surface area contributed by atoms with Gasteiger partial charge in [0.1, 0.15) is 11.5 Å². The summed E-state index contributed by atoms with van der Waals surface area (Å²) in [7, 11) is 2.31. The molecule has 0 radical (unpaired) electrons. The van der Waals surface area contributed by atoms with Crippen molar-refractivity contribution in [3.05, 3.63) is 41.4 Å². The summed E-state index contributed by atoms with van der Waals surface area (Å²) in [6, 6.07) is 3.93. The number of ether oxygens (including phenoxy) is 2. The van der Waals surface area contributed by atoms with Crippen LogP contribution in [0.2, 0.25) is 0 Å². The Morgan fingerprint density at radius 1 is 1.35 bits per heavy atom. The Balaban J connectivity index is 3.05. The van der Waals surface area contributed by atoms with Crippen molar-refractivity contribution >= 4 is 17.6 Å². The van der Waals surface area contributed by atoms with E-state index in [1.165, 1.54) is 12.1 Å². The molecule has 1 aromatic carbocycles. The average molecular weight is 277 g/mol. The maximum absolute atomic E-state index is 13.5. The number of hydrogen-bond donors (Lipinski definition) is 1. The minimum atomic E-state index is -0.795. The quantitative estimate of drug-likeness (QED) is 0.512. The average Bonchev–Trinajstić information content (AvgIpc) is 2.45. The van der Waals surface area contributed by atoms with Crippen LogP contribution in [0.3, 0.4) is 0 Å². The summed E-state index contributed by atoms with van der Waals surface area (Å²) in [6.45, 7) is 0. The first-order valence-corrected chi connectivity index (χ1v) is 5.43. The van der Waals surface area contributed by atoms with Crippen LogP contribution in [0.4, 0.5) is 10.1 Å². The first-order valence-electron chi connectivity index (χ1n) is 5.43. The minimum Gasteiger partial charge on any atom is -0.466 e. The van der Waals surface area contributed by atoms with Crippen molar-refractivity contribution in [3.8, 4) is 12.3 Å². The molecule has 0 unspecified atom stereocenters. The topological polar surface area (TPSA) is 64.6 Å². The fourth-order valence-electron chi connectivity index (χ4n) is 1.30. The highest BCUT2D eigenvalue weighted by molar-refractivity contribution is 5.98. The van der Waals surface area contributed by atoms with Gasteiger partial charge in [0.2, 0.25) is 0 Å². The molecule has 1 aromatic rings. The Morgan fingerprint density at radius 2 is 2.05 bits per heavy atom. The van der Waals surface area contributed by atoms with E-state index in [2.05, 4.69) is 20.7 Å². The van der Waals surface area contributed by atoms with E-state index in [0.717, 1.165) is 26.4 Å². The molecule has 0 spiro atoms. The Kier molecular flexibility index (Phi) is 5.30. The van der Waals surface area contributed by atoms with Crippen molar-refractivity contribution in [3.63, 3.8) is 0 Å². The maximum Gasteiger partial charge on any atom is 0.354 e. The number of terminal acetylenes is 1. The van der Waals surface area contributed by atoms with E-state index in [4.69, 9.17) is 6.42 Å². The summed E-state index contributed by atoms with van der Waals surface area (Å²) in [5, 5.41) is 2.56. The van der Waals surface area contributed by atoms with E-state index in [9.17, 15) is 14.0 Å². The highest BCUT2D eigenvalue weighted by Gasteiger charge is 2.13. The van der Waals surface area contributed by atoms with Crippen LogP contribution in [0, 0.1) is 18.2 Å². The van der Waals surface area contributed by atoms with Gasteiger partial charge in [-0.3, -0.25) is 0 Å². The predicted octanol–water partition coefficient (Wildman–Crippen LogP) is 1.45. The first-order chi connectivity index (χ1) is 9.51. The number of nitrogens with one attached hydrogen (secondary N) is 1. The zero-order valence-electron chi connectivity index (χ0n) is 10.9. The molecule has 0 bridgehead atoms. The molecule has 0 aromatic heterocycles. The van der Waals surface area contributed by atoms with Crippen LogP contribution >= 0.6 is 0 Å². The monoisotopic (exact) mass is 277 g/mol. The molecule has 104 valence electrons. The SMILES string of the molecule is C#Cc1ccc(N/C(=C/C(=O)OC)C(=O)OC)cc1F. The molecule has 0 aliphatic rings. The highest BCUT2D eigenvalue weighted by Crippen LogP contribution is 2.16. The van der Waals surface area contributed by atoms with Gasteiger partial charge in [0.15, 0.2) is 0 Å². The summed E-state index contributed by atoms with van der Waals surface area (Å²) < 4.78 is 22.4. The predicted molar refractivity (Wildman–Crippen MR) is 70.1 cm³/mol. The molecule has 0 atom stereocenters. The molecule has 20 heavy (non-hydrogen) atoms. The van der Waals surface area contributed by atoms with Crippen LogP contribution in [0.15, 0.2) is 30.0 Å². The molecule has 0 amide bonds. The second-order valence-electron chi connectivity index (χ2n) is 3.54. The van der Waals surface area contributed by atoms with Gasteiger partial charge < -0.3 is 14.8 Å². The van der Waals surface area contributed by atoms with Crippen molar-refractivity contribution in [1.29, 1.82) is 0 Å². The number of anilines is 1. The second kappa shape index (κ2) is 6.95. The first kappa shape index (κ1) is 15.2. The normalized spacial score (nSPS) is 10.4.